The number of fused-ring (bicyclic) bond motifs is 1. The zero-order valence-corrected chi connectivity index (χ0v) is 19.3. The topological polar surface area (TPSA) is 58.4 Å². The fraction of sp³-hybridized carbons (Fsp3) is 0.385. The van der Waals surface area contributed by atoms with Gasteiger partial charge in [0.1, 0.15) is 16.8 Å². The highest BCUT2D eigenvalue weighted by atomic mass is 32.1. The molecule has 1 aliphatic carbocycles. The van der Waals surface area contributed by atoms with Crippen LogP contribution >= 0.6 is 11.3 Å². The Balaban J connectivity index is 1.44. The molecule has 5 rings (SSSR count). The highest BCUT2D eigenvalue weighted by molar-refractivity contribution is 7.18. The van der Waals surface area contributed by atoms with Crippen molar-refractivity contribution in [2.45, 2.75) is 38.8 Å². The summed E-state index contributed by atoms with van der Waals surface area (Å²) in [4.78, 5) is 8.46. The summed E-state index contributed by atoms with van der Waals surface area (Å²) in [6.07, 6.45) is 4.27. The largest absolute Gasteiger partial charge is 0.490 e. The average molecular weight is 446 g/mol. The van der Waals surface area contributed by atoms with Crippen LogP contribution in [0.5, 0.6) is 5.75 Å². The molecular formula is C26H27N3O2S. The van der Waals surface area contributed by atoms with Gasteiger partial charge in [0.05, 0.1) is 29.8 Å². The molecule has 2 heterocycles. The van der Waals surface area contributed by atoms with Crippen LogP contribution in [-0.4, -0.2) is 42.3 Å². The second-order valence-corrected chi connectivity index (χ2v) is 9.63. The van der Waals surface area contributed by atoms with E-state index < -0.39 is 0 Å². The van der Waals surface area contributed by atoms with Crippen molar-refractivity contribution in [3.8, 4) is 32.8 Å². The number of nitrogens with zero attached hydrogens (tertiary/aromatic N) is 3. The molecule has 1 atom stereocenters. The summed E-state index contributed by atoms with van der Waals surface area (Å²) in [7, 11) is 0. The van der Waals surface area contributed by atoms with E-state index in [9.17, 15) is 5.26 Å². The summed E-state index contributed by atoms with van der Waals surface area (Å²) in [6, 6.07) is 15.2. The Kier molecular flexibility index (Phi) is 5.97. The van der Waals surface area contributed by atoms with Gasteiger partial charge in [0.25, 0.3) is 0 Å². The summed E-state index contributed by atoms with van der Waals surface area (Å²) >= 11 is 1.69. The van der Waals surface area contributed by atoms with E-state index in [1.165, 1.54) is 28.0 Å². The number of rotatable bonds is 5. The van der Waals surface area contributed by atoms with E-state index in [4.69, 9.17) is 14.5 Å². The third kappa shape index (κ3) is 4.04. The molecule has 1 saturated heterocycles. The van der Waals surface area contributed by atoms with Crippen molar-refractivity contribution in [2.75, 3.05) is 26.3 Å². The van der Waals surface area contributed by atoms with Gasteiger partial charge in [0, 0.05) is 30.9 Å². The van der Waals surface area contributed by atoms with Crippen molar-refractivity contribution in [1.29, 1.82) is 5.26 Å². The molecule has 0 N–H and O–H groups in total. The molecule has 0 bridgehead atoms. The van der Waals surface area contributed by atoms with Gasteiger partial charge >= 0.3 is 0 Å². The average Bonchev–Trinajstić information content (AvgIpc) is 3.47. The first-order chi connectivity index (χ1) is 15.6. The van der Waals surface area contributed by atoms with Gasteiger partial charge < -0.3 is 9.47 Å². The molecule has 1 unspecified atom stereocenters. The van der Waals surface area contributed by atoms with Crippen LogP contribution in [0.4, 0.5) is 0 Å². The van der Waals surface area contributed by atoms with Crippen molar-refractivity contribution in [1.82, 2.24) is 9.88 Å². The van der Waals surface area contributed by atoms with E-state index in [-0.39, 0.29) is 6.10 Å². The van der Waals surface area contributed by atoms with E-state index in [1.54, 1.807) is 11.3 Å². The number of thiazole rings is 1. The first-order valence-corrected chi connectivity index (χ1v) is 12.1. The van der Waals surface area contributed by atoms with Crippen LogP contribution in [0.25, 0.3) is 21.0 Å². The quantitative estimate of drug-likeness (QED) is 0.522. The van der Waals surface area contributed by atoms with Gasteiger partial charge in [-0.15, -0.1) is 11.3 Å². The van der Waals surface area contributed by atoms with E-state index in [1.807, 2.05) is 38.2 Å². The third-order valence-corrected chi connectivity index (χ3v) is 7.29. The normalized spacial score (nSPS) is 18.5. The fourth-order valence-electron chi connectivity index (χ4n) is 4.77. The summed E-state index contributed by atoms with van der Waals surface area (Å²) in [5.41, 5.74) is 5.70. The molecule has 164 valence electrons. The second-order valence-electron chi connectivity index (χ2n) is 8.60. The lowest BCUT2D eigenvalue weighted by Crippen LogP contribution is -2.38. The van der Waals surface area contributed by atoms with Crippen molar-refractivity contribution in [3.63, 3.8) is 0 Å². The fourth-order valence-corrected chi connectivity index (χ4v) is 5.74. The Morgan fingerprint density at radius 2 is 2.06 bits per heavy atom. The number of hydrogen-bond acceptors (Lipinski definition) is 6. The molecule has 32 heavy (non-hydrogen) atoms. The number of morpholine rings is 1. The summed E-state index contributed by atoms with van der Waals surface area (Å²) < 4.78 is 11.3. The van der Waals surface area contributed by atoms with E-state index >= 15 is 0 Å². The Morgan fingerprint density at radius 3 is 2.84 bits per heavy atom. The van der Waals surface area contributed by atoms with Gasteiger partial charge in [-0.25, -0.2) is 4.98 Å². The molecule has 5 nitrogen and oxygen atoms in total. The minimum absolute atomic E-state index is 0.0286. The Bertz CT molecular complexity index is 1160. The maximum Gasteiger partial charge on any atom is 0.137 e. The SMILES string of the molecule is CC(C)Oc1ccc(-c2ncc(-c3cccc4c3CCC4N3CCOCC3)s2)cc1C#N. The van der Waals surface area contributed by atoms with Gasteiger partial charge in [-0.2, -0.15) is 5.26 Å². The van der Waals surface area contributed by atoms with Gasteiger partial charge in [-0.1, -0.05) is 18.2 Å². The van der Waals surface area contributed by atoms with E-state index in [0.717, 1.165) is 43.3 Å². The number of ether oxygens (including phenoxy) is 2. The predicted molar refractivity (Wildman–Crippen MR) is 127 cm³/mol. The van der Waals surface area contributed by atoms with E-state index in [2.05, 4.69) is 29.2 Å². The zero-order chi connectivity index (χ0) is 22.1. The van der Waals surface area contributed by atoms with Crippen LogP contribution in [0, 0.1) is 11.3 Å². The summed E-state index contributed by atoms with van der Waals surface area (Å²) in [5.74, 6) is 0.623. The number of hydrogen-bond donors (Lipinski definition) is 0. The molecule has 6 heteroatoms. The van der Waals surface area contributed by atoms with Crippen LogP contribution in [0.1, 0.15) is 43.0 Å². The second kappa shape index (κ2) is 9.03. The predicted octanol–water partition coefficient (Wildman–Crippen LogP) is 5.46. The summed E-state index contributed by atoms with van der Waals surface area (Å²) in [5, 5.41) is 10.5. The van der Waals surface area contributed by atoms with E-state index in [0.29, 0.717) is 17.4 Å². The minimum atomic E-state index is 0.0286. The molecule has 2 aliphatic rings. The number of aromatic nitrogens is 1. The van der Waals surface area contributed by atoms with Crippen LogP contribution in [0.15, 0.2) is 42.6 Å². The molecule has 1 aromatic heterocycles. The highest BCUT2D eigenvalue weighted by Crippen LogP contribution is 2.43. The van der Waals surface area contributed by atoms with Crippen LogP contribution in [0.2, 0.25) is 0 Å². The van der Waals surface area contributed by atoms with Crippen LogP contribution in [0.3, 0.4) is 0 Å². The van der Waals surface area contributed by atoms with Crippen molar-refractivity contribution in [2.24, 2.45) is 0 Å². The Hall–Kier alpha value is -2.72. The lowest BCUT2D eigenvalue weighted by molar-refractivity contribution is 0.0164. The molecule has 0 amide bonds. The standard InChI is InChI=1S/C26H27N3O2S/c1-17(2)31-24-9-6-18(14-19(24)15-27)26-28-16-25(32-26)22-5-3-4-21-20(22)7-8-23(21)29-10-12-30-13-11-29/h3-6,9,14,16-17,23H,7-8,10-13H2,1-2H3. The van der Waals surface area contributed by atoms with Crippen molar-refractivity contribution >= 4 is 11.3 Å². The third-order valence-electron chi connectivity index (χ3n) is 6.21. The molecular weight excluding hydrogens is 418 g/mol. The smallest absolute Gasteiger partial charge is 0.137 e. The summed E-state index contributed by atoms with van der Waals surface area (Å²) in [6.45, 7) is 7.60. The maximum atomic E-state index is 9.57. The first kappa shape index (κ1) is 21.1. The molecule has 0 saturated carbocycles. The molecule has 1 aliphatic heterocycles. The number of nitriles is 1. The van der Waals surface area contributed by atoms with Crippen molar-refractivity contribution in [3.05, 3.63) is 59.3 Å². The van der Waals surface area contributed by atoms with Gasteiger partial charge in [-0.3, -0.25) is 4.90 Å². The van der Waals surface area contributed by atoms with Gasteiger partial charge in [-0.05, 0) is 61.6 Å². The van der Waals surface area contributed by atoms with Crippen LogP contribution < -0.4 is 4.74 Å². The Morgan fingerprint density at radius 1 is 1.22 bits per heavy atom. The molecule has 1 fully saturated rings. The van der Waals surface area contributed by atoms with Gasteiger partial charge in [0.2, 0.25) is 0 Å². The van der Waals surface area contributed by atoms with Crippen molar-refractivity contribution < 1.29 is 9.47 Å². The monoisotopic (exact) mass is 445 g/mol. The highest BCUT2D eigenvalue weighted by Gasteiger charge is 2.30. The minimum Gasteiger partial charge on any atom is -0.490 e. The molecule has 0 radical (unpaired) electrons. The molecule has 2 aromatic carbocycles. The maximum absolute atomic E-state index is 9.57. The molecule has 0 spiro atoms. The van der Waals surface area contributed by atoms with Gasteiger partial charge in [0.15, 0.2) is 0 Å². The molecule has 3 aromatic rings. The zero-order valence-electron chi connectivity index (χ0n) is 18.5. The lowest BCUT2D eigenvalue weighted by atomic mass is 10.0. The number of benzene rings is 2. The first-order valence-electron chi connectivity index (χ1n) is 11.2. The lowest BCUT2D eigenvalue weighted by Gasteiger charge is -2.32. The Labute approximate surface area is 193 Å². The van der Waals surface area contributed by atoms with Crippen LogP contribution in [-0.2, 0) is 11.2 Å².